The quantitative estimate of drug-likeness (QED) is 0.863. The van der Waals surface area contributed by atoms with Crippen LogP contribution in [-0.4, -0.2) is 36.2 Å². The Morgan fingerprint density at radius 1 is 1.09 bits per heavy atom. The van der Waals surface area contributed by atoms with Crippen molar-refractivity contribution in [3.8, 4) is 0 Å². The van der Waals surface area contributed by atoms with Crippen molar-refractivity contribution in [2.24, 2.45) is 0 Å². The van der Waals surface area contributed by atoms with E-state index in [1.165, 1.54) is 11.4 Å². The summed E-state index contributed by atoms with van der Waals surface area (Å²) in [7, 11) is 0. The van der Waals surface area contributed by atoms with Gasteiger partial charge in [0.1, 0.15) is 13.1 Å². The Labute approximate surface area is 136 Å². The highest BCUT2D eigenvalue weighted by Crippen LogP contribution is 2.13. The van der Waals surface area contributed by atoms with Gasteiger partial charge in [-0.15, -0.1) is 0 Å². The van der Waals surface area contributed by atoms with Gasteiger partial charge in [-0.1, -0.05) is 18.2 Å². The molecule has 5 heteroatoms. The van der Waals surface area contributed by atoms with E-state index < -0.39 is 0 Å². The highest BCUT2D eigenvalue weighted by atomic mass is 32.1. The Hall–Kier alpha value is -2.14. The maximum Gasteiger partial charge on any atom is 0.274 e. The molecule has 1 aromatic carbocycles. The molecule has 1 aliphatic heterocycles. The summed E-state index contributed by atoms with van der Waals surface area (Å²) in [5.74, 6) is 1.17. The second kappa shape index (κ2) is 6.75. The molecule has 2 heterocycles. The Balaban J connectivity index is 1.56. The van der Waals surface area contributed by atoms with Gasteiger partial charge in [-0.3, -0.25) is 4.90 Å². The normalized spacial score (nSPS) is 14.8. The molecule has 2 aromatic rings. The fraction of sp³-hybridized carbons (Fsp3) is 0.294. The predicted octanol–water partition coefficient (Wildman–Crippen LogP) is 2.33. The second-order valence-corrected chi connectivity index (χ2v) is 5.91. The average molecular weight is 313 g/mol. The van der Waals surface area contributed by atoms with Crippen molar-refractivity contribution in [1.82, 2.24) is 4.90 Å². The molecule has 1 aliphatic rings. The van der Waals surface area contributed by atoms with Crippen molar-refractivity contribution < 1.29 is 4.98 Å². The number of H-pyrrole nitrogens is 1. The zero-order chi connectivity index (χ0) is 15.4. The lowest BCUT2D eigenvalue weighted by atomic mass is 10.2. The number of benzene rings is 1. The number of pyridine rings is 1. The zero-order valence-corrected chi connectivity index (χ0v) is 13.6. The van der Waals surface area contributed by atoms with Gasteiger partial charge < -0.3 is 10.2 Å². The standard InChI is InChI=1S/C17H20N4S/c1-14-5-4-6-15(13-14)19-17(22)21-11-9-20(10-12-21)16-7-2-3-8-18-16/h2-8,13H,9-12H2,1H3,(H,19,22)/p+1. The predicted molar refractivity (Wildman–Crippen MR) is 94.2 cm³/mol. The first kappa shape index (κ1) is 14.8. The minimum Gasteiger partial charge on any atom is -0.341 e. The first-order valence-electron chi connectivity index (χ1n) is 7.56. The Bertz CT molecular complexity index is 636. The number of aromatic amines is 1. The van der Waals surface area contributed by atoms with Gasteiger partial charge in [0.25, 0.3) is 5.82 Å². The molecule has 0 atom stereocenters. The molecular formula is C17H21N4S+. The summed E-state index contributed by atoms with van der Waals surface area (Å²) in [4.78, 5) is 7.87. The monoisotopic (exact) mass is 313 g/mol. The lowest BCUT2D eigenvalue weighted by Gasteiger charge is -2.32. The molecule has 114 valence electrons. The third kappa shape index (κ3) is 3.54. The Kier molecular flexibility index (Phi) is 4.53. The van der Waals surface area contributed by atoms with Gasteiger partial charge >= 0.3 is 0 Å². The van der Waals surface area contributed by atoms with Gasteiger partial charge in [0, 0.05) is 11.8 Å². The Morgan fingerprint density at radius 3 is 2.59 bits per heavy atom. The SMILES string of the molecule is Cc1cccc(NC(=S)N2CCN(c3cccc[nH+]3)CC2)c1. The first-order valence-corrected chi connectivity index (χ1v) is 7.97. The number of aryl methyl sites for hydroxylation is 1. The molecule has 4 nitrogen and oxygen atoms in total. The summed E-state index contributed by atoms with van der Waals surface area (Å²) in [6.07, 6.45) is 1.96. The molecule has 2 N–H and O–H groups in total. The van der Waals surface area contributed by atoms with Crippen LogP contribution in [0.1, 0.15) is 5.56 Å². The van der Waals surface area contributed by atoms with Crippen LogP contribution in [0.2, 0.25) is 0 Å². The number of piperazine rings is 1. The summed E-state index contributed by atoms with van der Waals surface area (Å²) in [5.41, 5.74) is 2.29. The number of rotatable bonds is 2. The van der Waals surface area contributed by atoms with E-state index in [2.05, 4.69) is 57.4 Å². The van der Waals surface area contributed by atoms with E-state index in [1.54, 1.807) is 0 Å². The van der Waals surface area contributed by atoms with E-state index >= 15 is 0 Å². The van der Waals surface area contributed by atoms with Gasteiger partial charge in [0.05, 0.1) is 19.3 Å². The number of hydrogen-bond donors (Lipinski definition) is 1. The van der Waals surface area contributed by atoms with Gasteiger partial charge in [-0.25, -0.2) is 4.98 Å². The first-order chi connectivity index (χ1) is 10.7. The van der Waals surface area contributed by atoms with Crippen LogP contribution in [-0.2, 0) is 0 Å². The molecule has 22 heavy (non-hydrogen) atoms. The summed E-state index contributed by atoms with van der Waals surface area (Å²) >= 11 is 5.54. The van der Waals surface area contributed by atoms with Crippen LogP contribution >= 0.6 is 12.2 Å². The number of thiocarbonyl (C=S) groups is 1. The summed E-state index contributed by atoms with van der Waals surface area (Å²) in [5, 5.41) is 4.15. The van der Waals surface area contributed by atoms with E-state index in [9.17, 15) is 0 Å². The van der Waals surface area contributed by atoms with E-state index in [0.29, 0.717) is 0 Å². The number of hydrogen-bond acceptors (Lipinski definition) is 2. The minimum absolute atomic E-state index is 0.808. The largest absolute Gasteiger partial charge is 0.341 e. The molecule has 0 unspecified atom stereocenters. The lowest BCUT2D eigenvalue weighted by molar-refractivity contribution is -0.364. The molecule has 0 aliphatic carbocycles. The van der Waals surface area contributed by atoms with Crippen molar-refractivity contribution in [2.75, 3.05) is 36.4 Å². The molecule has 0 spiro atoms. The van der Waals surface area contributed by atoms with E-state index in [1.807, 2.05) is 18.3 Å². The van der Waals surface area contributed by atoms with Crippen LogP contribution in [0.15, 0.2) is 48.7 Å². The zero-order valence-electron chi connectivity index (χ0n) is 12.7. The molecule has 1 aromatic heterocycles. The van der Waals surface area contributed by atoms with Gasteiger partial charge in [0.15, 0.2) is 5.11 Å². The summed E-state index contributed by atoms with van der Waals surface area (Å²) in [6.45, 7) is 5.89. The van der Waals surface area contributed by atoms with Crippen LogP contribution < -0.4 is 15.2 Å². The lowest BCUT2D eigenvalue weighted by Crippen LogP contribution is -2.51. The van der Waals surface area contributed by atoms with Crippen molar-refractivity contribution in [3.63, 3.8) is 0 Å². The highest BCUT2D eigenvalue weighted by molar-refractivity contribution is 7.80. The minimum atomic E-state index is 0.808. The highest BCUT2D eigenvalue weighted by Gasteiger charge is 2.24. The average Bonchev–Trinajstić information content (AvgIpc) is 2.56. The molecule has 0 amide bonds. The molecule has 3 rings (SSSR count). The topological polar surface area (TPSA) is 32.6 Å². The molecule has 1 fully saturated rings. The molecule has 0 saturated carbocycles. The van der Waals surface area contributed by atoms with Crippen LogP contribution in [0.25, 0.3) is 0 Å². The number of anilines is 2. The third-order valence-electron chi connectivity index (χ3n) is 3.87. The molecule has 1 saturated heterocycles. The Morgan fingerprint density at radius 2 is 1.91 bits per heavy atom. The second-order valence-electron chi connectivity index (χ2n) is 5.52. The maximum atomic E-state index is 5.54. The van der Waals surface area contributed by atoms with E-state index in [4.69, 9.17) is 12.2 Å². The molecular weight excluding hydrogens is 292 g/mol. The fourth-order valence-corrected chi connectivity index (χ4v) is 2.96. The number of nitrogens with zero attached hydrogens (tertiary/aromatic N) is 2. The number of aromatic nitrogens is 1. The van der Waals surface area contributed by atoms with Crippen molar-refractivity contribution >= 4 is 28.8 Å². The van der Waals surface area contributed by atoms with Crippen molar-refractivity contribution in [1.29, 1.82) is 0 Å². The summed E-state index contributed by atoms with van der Waals surface area (Å²) in [6, 6.07) is 14.5. The smallest absolute Gasteiger partial charge is 0.274 e. The molecule has 0 bridgehead atoms. The molecule has 0 radical (unpaired) electrons. The van der Waals surface area contributed by atoms with Crippen LogP contribution in [0.3, 0.4) is 0 Å². The number of nitrogens with one attached hydrogen (secondary N) is 2. The van der Waals surface area contributed by atoms with Gasteiger partial charge in [0.2, 0.25) is 0 Å². The van der Waals surface area contributed by atoms with Crippen LogP contribution in [0, 0.1) is 6.92 Å². The van der Waals surface area contributed by atoms with Crippen LogP contribution in [0.5, 0.6) is 0 Å². The third-order valence-corrected chi connectivity index (χ3v) is 4.23. The maximum absolute atomic E-state index is 5.54. The van der Waals surface area contributed by atoms with Crippen molar-refractivity contribution in [3.05, 3.63) is 54.2 Å². The van der Waals surface area contributed by atoms with Gasteiger partial charge in [-0.05, 0) is 42.9 Å². The van der Waals surface area contributed by atoms with E-state index in [-0.39, 0.29) is 0 Å². The van der Waals surface area contributed by atoms with Crippen molar-refractivity contribution in [2.45, 2.75) is 6.92 Å². The van der Waals surface area contributed by atoms with Crippen LogP contribution in [0.4, 0.5) is 11.5 Å². The summed E-state index contributed by atoms with van der Waals surface area (Å²) < 4.78 is 0. The fourth-order valence-electron chi connectivity index (χ4n) is 2.66. The van der Waals surface area contributed by atoms with E-state index in [0.717, 1.165) is 37.0 Å². The van der Waals surface area contributed by atoms with Gasteiger partial charge in [-0.2, -0.15) is 0 Å².